The predicted molar refractivity (Wildman–Crippen MR) is 91.6 cm³/mol. The maximum absolute atomic E-state index is 12.5. The Labute approximate surface area is 147 Å². The number of nitrogens with zero attached hydrogens (tertiary/aromatic N) is 1. The lowest BCUT2D eigenvalue weighted by molar-refractivity contribution is 0.0859. The third-order valence-electron chi connectivity index (χ3n) is 4.14. The van der Waals surface area contributed by atoms with Crippen molar-refractivity contribution in [2.45, 2.75) is 37.6 Å². The fourth-order valence-electron chi connectivity index (χ4n) is 2.71. The fraction of sp³-hybridized carbons (Fsp3) is 0.500. The highest BCUT2D eigenvalue weighted by atomic mass is 32.2. The quantitative estimate of drug-likeness (QED) is 0.820. The molecule has 1 aliphatic rings. The van der Waals surface area contributed by atoms with Gasteiger partial charge in [-0.3, -0.25) is 4.79 Å². The maximum Gasteiger partial charge on any atom is 0.409 e. The van der Waals surface area contributed by atoms with E-state index in [9.17, 15) is 18.0 Å². The number of nitrogens with two attached hydrogens (primary N) is 1. The molecule has 1 fully saturated rings. The molecular formula is C16H23N3O5S. The molecule has 8 nitrogen and oxygen atoms in total. The van der Waals surface area contributed by atoms with Gasteiger partial charge in [-0.15, -0.1) is 0 Å². The molecular weight excluding hydrogens is 346 g/mol. The highest BCUT2D eigenvalue weighted by Crippen LogP contribution is 2.17. The summed E-state index contributed by atoms with van der Waals surface area (Å²) in [7, 11) is -3.87. The van der Waals surface area contributed by atoms with E-state index in [0.717, 1.165) is 0 Å². The lowest BCUT2D eigenvalue weighted by atomic mass is 10.0. The van der Waals surface area contributed by atoms with Crippen molar-refractivity contribution < 1.29 is 22.7 Å². The Bertz CT molecular complexity index is 755. The first-order chi connectivity index (χ1) is 11.7. The van der Waals surface area contributed by atoms with E-state index >= 15 is 0 Å². The molecule has 3 N–H and O–H groups in total. The summed E-state index contributed by atoms with van der Waals surface area (Å²) in [4.78, 5) is 25.7. The highest BCUT2D eigenvalue weighted by molar-refractivity contribution is 7.89. The van der Waals surface area contributed by atoms with Gasteiger partial charge in [-0.1, -0.05) is 6.07 Å². The van der Waals surface area contributed by atoms with Gasteiger partial charge in [-0.25, -0.2) is 18.4 Å². The molecule has 1 aromatic rings. The molecule has 9 heteroatoms. The van der Waals surface area contributed by atoms with Crippen LogP contribution in [-0.4, -0.2) is 51.1 Å². The molecule has 1 saturated heterocycles. The van der Waals surface area contributed by atoms with Crippen LogP contribution in [0.15, 0.2) is 23.1 Å². The number of sulfonamides is 1. The Kier molecular flexibility index (Phi) is 6.02. The van der Waals surface area contributed by atoms with E-state index in [0.29, 0.717) is 38.1 Å². The van der Waals surface area contributed by atoms with Gasteiger partial charge in [0.15, 0.2) is 0 Å². The van der Waals surface area contributed by atoms with Crippen molar-refractivity contribution in [2.75, 3.05) is 19.7 Å². The molecule has 0 aliphatic carbocycles. The number of piperidine rings is 1. The molecule has 0 bridgehead atoms. The Morgan fingerprint density at radius 1 is 1.32 bits per heavy atom. The second-order valence-electron chi connectivity index (χ2n) is 5.96. The van der Waals surface area contributed by atoms with Gasteiger partial charge in [0, 0.05) is 24.7 Å². The first-order valence-electron chi connectivity index (χ1n) is 8.08. The van der Waals surface area contributed by atoms with Gasteiger partial charge >= 0.3 is 6.09 Å². The van der Waals surface area contributed by atoms with Crippen LogP contribution in [0, 0.1) is 6.92 Å². The Morgan fingerprint density at radius 3 is 2.52 bits per heavy atom. The zero-order valence-corrected chi connectivity index (χ0v) is 15.1. The summed E-state index contributed by atoms with van der Waals surface area (Å²) in [6, 6.07) is 4.13. The number of aryl methyl sites for hydroxylation is 1. The van der Waals surface area contributed by atoms with Crippen molar-refractivity contribution in [3.05, 3.63) is 29.3 Å². The number of hydrogen-bond donors (Lipinski definition) is 2. The smallest absolute Gasteiger partial charge is 0.409 e. The minimum absolute atomic E-state index is 0.0873. The molecule has 25 heavy (non-hydrogen) atoms. The molecule has 1 heterocycles. The van der Waals surface area contributed by atoms with E-state index in [4.69, 9.17) is 9.88 Å². The monoisotopic (exact) mass is 369 g/mol. The molecule has 0 spiro atoms. The minimum Gasteiger partial charge on any atom is -0.450 e. The van der Waals surface area contributed by atoms with Crippen LogP contribution >= 0.6 is 0 Å². The average molecular weight is 369 g/mol. The molecule has 1 aliphatic heterocycles. The molecule has 2 rings (SSSR count). The van der Waals surface area contributed by atoms with Gasteiger partial charge in [0.2, 0.25) is 10.0 Å². The van der Waals surface area contributed by atoms with Crippen LogP contribution in [0.3, 0.4) is 0 Å². The number of hydrogen-bond acceptors (Lipinski definition) is 5. The Balaban J connectivity index is 2.01. The molecule has 0 unspecified atom stereocenters. The minimum atomic E-state index is -3.87. The van der Waals surface area contributed by atoms with Gasteiger partial charge in [0.05, 0.1) is 11.5 Å². The van der Waals surface area contributed by atoms with Crippen molar-refractivity contribution in [1.29, 1.82) is 0 Å². The number of carbonyl (C=O) groups is 2. The van der Waals surface area contributed by atoms with Gasteiger partial charge in [0.25, 0.3) is 5.91 Å². The van der Waals surface area contributed by atoms with Crippen LogP contribution in [0.5, 0.6) is 0 Å². The zero-order valence-electron chi connectivity index (χ0n) is 14.3. The largest absolute Gasteiger partial charge is 0.450 e. The lowest BCUT2D eigenvalue weighted by Gasteiger charge is -2.31. The normalized spacial score (nSPS) is 15.7. The third kappa shape index (κ3) is 4.93. The molecule has 0 radical (unpaired) electrons. The topological polar surface area (TPSA) is 119 Å². The molecule has 0 saturated carbocycles. The highest BCUT2D eigenvalue weighted by Gasteiger charge is 2.25. The summed E-state index contributed by atoms with van der Waals surface area (Å²) in [5, 5.41) is 8.01. The maximum atomic E-state index is 12.5. The number of carbonyl (C=O) groups excluding carboxylic acids is 2. The van der Waals surface area contributed by atoms with Crippen molar-refractivity contribution >= 4 is 22.0 Å². The van der Waals surface area contributed by atoms with Crippen LogP contribution in [0.4, 0.5) is 4.79 Å². The molecule has 0 aromatic heterocycles. The van der Waals surface area contributed by atoms with Crippen LogP contribution < -0.4 is 10.5 Å². The van der Waals surface area contributed by atoms with E-state index in [-0.39, 0.29) is 28.5 Å². The average Bonchev–Trinajstić information content (AvgIpc) is 2.55. The number of likely N-dealkylation sites (tertiary alicyclic amines) is 1. The molecule has 138 valence electrons. The van der Waals surface area contributed by atoms with Crippen LogP contribution in [0.2, 0.25) is 0 Å². The van der Waals surface area contributed by atoms with Crippen molar-refractivity contribution in [2.24, 2.45) is 5.14 Å². The predicted octanol–water partition coefficient (Wildman–Crippen LogP) is 0.993. The van der Waals surface area contributed by atoms with Gasteiger partial charge in [-0.05, 0) is 44.4 Å². The summed E-state index contributed by atoms with van der Waals surface area (Å²) in [6.45, 7) is 4.81. The summed E-state index contributed by atoms with van der Waals surface area (Å²) in [6.07, 6.45) is 0.876. The third-order valence-corrected chi connectivity index (χ3v) is 5.05. The van der Waals surface area contributed by atoms with E-state index in [1.54, 1.807) is 24.8 Å². The summed E-state index contributed by atoms with van der Waals surface area (Å²) >= 11 is 0. The first kappa shape index (κ1) is 19.2. The zero-order chi connectivity index (χ0) is 18.6. The Morgan fingerprint density at radius 2 is 1.96 bits per heavy atom. The molecule has 0 atom stereocenters. The van der Waals surface area contributed by atoms with E-state index in [1.807, 2.05) is 0 Å². The van der Waals surface area contributed by atoms with Gasteiger partial charge in [-0.2, -0.15) is 0 Å². The van der Waals surface area contributed by atoms with Gasteiger partial charge < -0.3 is 15.0 Å². The Hall–Kier alpha value is -2.13. The van der Waals surface area contributed by atoms with Crippen LogP contribution in [-0.2, 0) is 14.8 Å². The first-order valence-corrected chi connectivity index (χ1v) is 9.63. The van der Waals surface area contributed by atoms with Crippen molar-refractivity contribution in [3.8, 4) is 0 Å². The second kappa shape index (κ2) is 7.83. The summed E-state index contributed by atoms with van der Waals surface area (Å²) < 4.78 is 27.9. The van der Waals surface area contributed by atoms with E-state index < -0.39 is 10.0 Å². The van der Waals surface area contributed by atoms with Crippen molar-refractivity contribution in [3.63, 3.8) is 0 Å². The number of amides is 2. The number of benzene rings is 1. The van der Waals surface area contributed by atoms with E-state index in [2.05, 4.69) is 5.32 Å². The summed E-state index contributed by atoms with van der Waals surface area (Å²) in [5.74, 6) is -0.349. The van der Waals surface area contributed by atoms with Crippen LogP contribution in [0.25, 0.3) is 0 Å². The lowest BCUT2D eigenvalue weighted by Crippen LogP contribution is -2.46. The van der Waals surface area contributed by atoms with Crippen LogP contribution in [0.1, 0.15) is 35.7 Å². The van der Waals surface area contributed by atoms with E-state index in [1.165, 1.54) is 12.1 Å². The standard InChI is InChI=1S/C16H23N3O5S/c1-3-24-16(21)19-8-6-12(7-9-19)18-15(20)14-10-13(25(17,22)23)5-4-11(14)2/h4-5,10,12H,3,6-9H2,1-2H3,(H,18,20)(H2,17,22,23). The fourth-order valence-corrected chi connectivity index (χ4v) is 3.25. The number of primary sulfonamides is 1. The molecule has 1 aromatic carbocycles. The SMILES string of the molecule is CCOC(=O)N1CCC(NC(=O)c2cc(S(N)(=O)=O)ccc2C)CC1. The number of rotatable bonds is 4. The second-order valence-corrected chi connectivity index (χ2v) is 7.52. The number of ether oxygens (including phenoxy) is 1. The molecule has 2 amide bonds. The summed E-state index contributed by atoms with van der Waals surface area (Å²) in [5.41, 5.74) is 0.938. The van der Waals surface area contributed by atoms with Crippen molar-refractivity contribution in [1.82, 2.24) is 10.2 Å². The number of nitrogens with one attached hydrogen (secondary N) is 1. The van der Waals surface area contributed by atoms with Gasteiger partial charge in [0.1, 0.15) is 0 Å².